The van der Waals surface area contributed by atoms with Crippen molar-refractivity contribution in [1.29, 1.82) is 0 Å². The molecule has 5 rings (SSSR count). The SMILES string of the molecule is C=C/C1=C/N2C=CN(/C=c3/cc/c([nH]3)=C/N(C)CN(C=C)/C=c3/cc/c([nH]3)=C/N3C=CN(/C=C\N1)C3)C2. The molecule has 9 nitrogen and oxygen atoms in total. The van der Waals surface area contributed by atoms with E-state index in [0.29, 0.717) is 13.3 Å². The molecular weight excluding hydrogens is 462 g/mol. The lowest BCUT2D eigenvalue weighted by atomic mass is 10.4. The van der Waals surface area contributed by atoms with Crippen LogP contribution in [0.15, 0.2) is 98.8 Å². The van der Waals surface area contributed by atoms with Crippen molar-refractivity contribution in [1.82, 2.24) is 44.7 Å². The lowest BCUT2D eigenvalue weighted by Gasteiger charge is -2.21. The molecule has 0 atom stereocenters. The van der Waals surface area contributed by atoms with Crippen LogP contribution in [0.1, 0.15) is 0 Å². The third-order valence-corrected chi connectivity index (χ3v) is 5.95. The first-order chi connectivity index (χ1) is 18.1. The van der Waals surface area contributed by atoms with Gasteiger partial charge in [0.1, 0.15) is 0 Å². The fourth-order valence-corrected chi connectivity index (χ4v) is 4.20. The zero-order chi connectivity index (χ0) is 25.6. The minimum Gasteiger partial charge on any atom is -0.361 e. The highest BCUT2D eigenvalue weighted by atomic mass is 15.3. The summed E-state index contributed by atoms with van der Waals surface area (Å²) in [5.74, 6) is 0. The van der Waals surface area contributed by atoms with Gasteiger partial charge >= 0.3 is 0 Å². The topological polar surface area (TPSA) is 63.1 Å². The lowest BCUT2D eigenvalue weighted by molar-refractivity contribution is 0.358. The molecule has 190 valence electrons. The van der Waals surface area contributed by atoms with Crippen LogP contribution in [-0.2, 0) is 0 Å². The Morgan fingerprint density at radius 3 is 1.81 bits per heavy atom. The molecule has 3 N–H and O–H groups in total. The second-order valence-electron chi connectivity index (χ2n) is 9.03. The molecule has 3 aliphatic rings. The Labute approximate surface area is 216 Å². The molecule has 0 spiro atoms. The van der Waals surface area contributed by atoms with Gasteiger partial charge in [-0.05, 0) is 36.5 Å². The van der Waals surface area contributed by atoms with E-state index >= 15 is 0 Å². The van der Waals surface area contributed by atoms with Crippen molar-refractivity contribution in [3.8, 4) is 0 Å². The summed E-state index contributed by atoms with van der Waals surface area (Å²) in [6, 6.07) is 8.30. The summed E-state index contributed by atoms with van der Waals surface area (Å²) in [6.45, 7) is 10.0. The Morgan fingerprint density at radius 1 is 0.649 bits per heavy atom. The first-order valence-corrected chi connectivity index (χ1v) is 12.1. The van der Waals surface area contributed by atoms with Gasteiger partial charge in [0, 0.05) is 75.2 Å². The third-order valence-electron chi connectivity index (χ3n) is 5.95. The molecule has 0 aromatic carbocycles. The van der Waals surface area contributed by atoms with Crippen LogP contribution in [0.5, 0.6) is 0 Å². The molecule has 3 aliphatic heterocycles. The van der Waals surface area contributed by atoms with Gasteiger partial charge in [-0.15, -0.1) is 0 Å². The smallest absolute Gasteiger partial charge is 0.0979 e. The maximum absolute atomic E-state index is 3.98. The third kappa shape index (κ3) is 6.21. The number of aromatic amines is 2. The van der Waals surface area contributed by atoms with Gasteiger partial charge in [0.2, 0.25) is 0 Å². The largest absolute Gasteiger partial charge is 0.361 e. The van der Waals surface area contributed by atoms with Crippen molar-refractivity contribution in [2.75, 3.05) is 27.1 Å². The second-order valence-corrected chi connectivity index (χ2v) is 9.03. The van der Waals surface area contributed by atoms with E-state index in [2.05, 4.69) is 108 Å². The lowest BCUT2D eigenvalue weighted by Crippen LogP contribution is -2.29. The molecule has 0 saturated carbocycles. The quantitative estimate of drug-likeness (QED) is 0.562. The van der Waals surface area contributed by atoms with Crippen LogP contribution in [-0.4, -0.2) is 66.4 Å². The van der Waals surface area contributed by atoms with Crippen LogP contribution in [0.25, 0.3) is 24.8 Å². The Balaban J connectivity index is 1.44. The minimum absolute atomic E-state index is 0.658. The van der Waals surface area contributed by atoms with Crippen LogP contribution in [0.2, 0.25) is 0 Å². The van der Waals surface area contributed by atoms with Crippen LogP contribution in [0, 0.1) is 0 Å². The summed E-state index contributed by atoms with van der Waals surface area (Å²) < 4.78 is 0. The van der Waals surface area contributed by atoms with Crippen molar-refractivity contribution in [2.24, 2.45) is 0 Å². The highest BCUT2D eigenvalue weighted by Gasteiger charge is 2.10. The Bertz CT molecular complexity index is 1490. The monoisotopic (exact) mass is 495 g/mol. The Kier molecular flexibility index (Phi) is 6.93. The van der Waals surface area contributed by atoms with E-state index in [4.69, 9.17) is 0 Å². The van der Waals surface area contributed by atoms with Crippen LogP contribution in [0.3, 0.4) is 0 Å². The van der Waals surface area contributed by atoms with Crippen molar-refractivity contribution >= 4 is 24.8 Å². The molecule has 0 fully saturated rings. The predicted octanol–water partition coefficient (Wildman–Crippen LogP) is 0.524. The van der Waals surface area contributed by atoms with Crippen molar-refractivity contribution < 1.29 is 0 Å². The molecule has 2 aromatic heterocycles. The van der Waals surface area contributed by atoms with Gasteiger partial charge in [0.25, 0.3) is 0 Å². The highest BCUT2D eigenvalue weighted by molar-refractivity contribution is 5.29. The van der Waals surface area contributed by atoms with E-state index in [0.717, 1.165) is 33.8 Å². The number of nitrogens with one attached hydrogen (secondary N) is 3. The van der Waals surface area contributed by atoms with Gasteiger partial charge in [-0.25, -0.2) is 0 Å². The number of hydrogen-bond acceptors (Lipinski definition) is 7. The maximum atomic E-state index is 3.98. The number of hydrogen-bond donors (Lipinski definition) is 3. The van der Waals surface area contributed by atoms with Crippen LogP contribution >= 0.6 is 0 Å². The molecule has 0 unspecified atom stereocenters. The van der Waals surface area contributed by atoms with Gasteiger partial charge < -0.3 is 44.7 Å². The maximum Gasteiger partial charge on any atom is 0.0979 e. The number of allylic oxidation sites excluding steroid dienone is 1. The van der Waals surface area contributed by atoms with E-state index in [1.165, 1.54) is 0 Å². The summed E-state index contributed by atoms with van der Waals surface area (Å²) in [5.41, 5.74) is 0.910. The van der Waals surface area contributed by atoms with Crippen molar-refractivity contribution in [2.45, 2.75) is 0 Å². The van der Waals surface area contributed by atoms with E-state index in [9.17, 15) is 0 Å². The van der Waals surface area contributed by atoms with E-state index in [-0.39, 0.29) is 0 Å². The van der Waals surface area contributed by atoms with Gasteiger partial charge in [0.05, 0.1) is 47.1 Å². The minimum atomic E-state index is 0.658. The predicted molar refractivity (Wildman–Crippen MR) is 149 cm³/mol. The molecule has 0 radical (unpaired) electrons. The average molecular weight is 496 g/mol. The molecule has 0 saturated heterocycles. The summed E-state index contributed by atoms with van der Waals surface area (Å²) in [6.07, 6.45) is 26.1. The van der Waals surface area contributed by atoms with Gasteiger partial charge in [-0.2, -0.15) is 0 Å². The number of aromatic nitrogens is 2. The van der Waals surface area contributed by atoms with E-state index < -0.39 is 0 Å². The van der Waals surface area contributed by atoms with Crippen LogP contribution in [0.4, 0.5) is 0 Å². The van der Waals surface area contributed by atoms with E-state index in [1.54, 1.807) is 0 Å². The molecule has 0 aliphatic carbocycles. The molecule has 8 bridgehead atoms. The summed E-state index contributed by atoms with van der Waals surface area (Å²) >= 11 is 0. The number of nitrogens with zero attached hydrogens (tertiary/aromatic N) is 6. The van der Waals surface area contributed by atoms with Crippen molar-refractivity contribution in [3.05, 3.63) is 120 Å². The zero-order valence-electron chi connectivity index (χ0n) is 21.0. The first kappa shape index (κ1) is 23.8. The normalized spacial score (nSPS) is 23.8. The fraction of sp³-hybridized carbons (Fsp3) is 0.143. The Hall–Kier alpha value is -4.92. The molecule has 0 amide bonds. The zero-order valence-corrected chi connectivity index (χ0v) is 21.0. The Morgan fingerprint density at radius 2 is 1.19 bits per heavy atom. The van der Waals surface area contributed by atoms with Gasteiger partial charge in [-0.1, -0.05) is 13.2 Å². The first-order valence-electron chi connectivity index (χ1n) is 12.1. The average Bonchev–Trinajstić information content (AvgIpc) is 3.68. The highest BCUT2D eigenvalue weighted by Crippen LogP contribution is 2.10. The van der Waals surface area contributed by atoms with E-state index in [1.807, 2.05) is 61.4 Å². The molecule has 2 aromatic rings. The van der Waals surface area contributed by atoms with Crippen LogP contribution < -0.4 is 26.7 Å². The molecular formula is C28H33N9. The number of H-pyrrole nitrogens is 2. The fourth-order valence-electron chi connectivity index (χ4n) is 4.20. The molecule has 5 heterocycles. The van der Waals surface area contributed by atoms with Crippen molar-refractivity contribution in [3.63, 3.8) is 0 Å². The summed E-state index contributed by atoms with van der Waals surface area (Å²) in [4.78, 5) is 19.5. The molecule has 37 heavy (non-hydrogen) atoms. The molecule has 9 heteroatoms. The standard InChI is InChI=1S/C28H33N9/c1-4-24-17-35-14-15-37(23-35)20-27-7-6-25(30-27)16-32(3)21-33(5-2)18-26-8-9-28(31-26)19-36-13-12-34(22-36)11-10-29-24/h4-20,29-31H,1-2,21-23H2,3H3/b11-10-,24-17-,25-16-,26-18-,27-20-,28-19-. The van der Waals surface area contributed by atoms with Gasteiger partial charge in [-0.3, -0.25) is 0 Å². The number of rotatable bonds is 2. The number of fused-ring (bicyclic) bond motifs is 8. The second kappa shape index (κ2) is 10.8. The van der Waals surface area contributed by atoms with Gasteiger partial charge in [0.15, 0.2) is 0 Å². The summed E-state index contributed by atoms with van der Waals surface area (Å²) in [5, 5.41) is 7.41. The summed E-state index contributed by atoms with van der Waals surface area (Å²) in [7, 11) is 2.05.